The molecule has 6 nitrogen and oxygen atoms in total. The number of carbonyl (C=O) groups is 1. The molecule has 1 saturated heterocycles. The van der Waals surface area contributed by atoms with Crippen LogP contribution in [0.2, 0.25) is 0 Å². The molecule has 0 unspecified atom stereocenters. The Labute approximate surface area is 172 Å². The van der Waals surface area contributed by atoms with Gasteiger partial charge < -0.3 is 25.8 Å². The summed E-state index contributed by atoms with van der Waals surface area (Å²) in [4.78, 5) is 14.0. The van der Waals surface area contributed by atoms with Gasteiger partial charge in [0.25, 0.3) is 5.91 Å². The number of piperidine rings is 1. The van der Waals surface area contributed by atoms with E-state index in [1.54, 1.807) is 12.1 Å². The fourth-order valence-electron chi connectivity index (χ4n) is 3.93. The zero-order valence-corrected chi connectivity index (χ0v) is 17.1. The summed E-state index contributed by atoms with van der Waals surface area (Å²) in [6, 6.07) is 15.2. The Balaban J connectivity index is 1.56. The van der Waals surface area contributed by atoms with Crippen molar-refractivity contribution in [2.24, 2.45) is 5.73 Å². The van der Waals surface area contributed by atoms with Crippen LogP contribution in [-0.2, 0) is 10.3 Å². The molecule has 156 valence electrons. The van der Waals surface area contributed by atoms with Gasteiger partial charge in [0, 0.05) is 38.5 Å². The summed E-state index contributed by atoms with van der Waals surface area (Å²) < 4.78 is 6.36. The number of aromatic hydroxyl groups is 1. The first-order chi connectivity index (χ1) is 14.0. The molecule has 0 radical (unpaired) electrons. The zero-order valence-electron chi connectivity index (χ0n) is 17.1. The van der Waals surface area contributed by atoms with E-state index in [1.165, 1.54) is 11.6 Å². The highest BCUT2D eigenvalue weighted by Gasteiger charge is 2.36. The molecule has 3 rings (SSSR count). The summed E-state index contributed by atoms with van der Waals surface area (Å²) >= 11 is 0. The Bertz CT molecular complexity index is 802. The molecule has 1 heterocycles. The predicted octanol–water partition coefficient (Wildman–Crippen LogP) is 3.32. The van der Waals surface area contributed by atoms with Crippen molar-refractivity contribution >= 4 is 11.6 Å². The number of ether oxygens (including phenoxy) is 1. The van der Waals surface area contributed by atoms with Gasteiger partial charge in [-0.1, -0.05) is 37.3 Å². The average Bonchev–Trinajstić information content (AvgIpc) is 2.75. The smallest absolute Gasteiger partial charge is 0.250 e. The lowest BCUT2D eigenvalue weighted by molar-refractivity contribution is -0.0892. The molecule has 1 amide bonds. The van der Waals surface area contributed by atoms with Gasteiger partial charge in [-0.3, -0.25) is 4.79 Å². The number of phenols is 1. The molecule has 4 N–H and O–H groups in total. The first kappa shape index (κ1) is 21.1. The molecular formula is C23H31N3O3. The number of hydrogen-bond donors (Lipinski definition) is 3. The summed E-state index contributed by atoms with van der Waals surface area (Å²) in [5, 5.41) is 12.8. The lowest BCUT2D eigenvalue weighted by Crippen LogP contribution is -2.45. The Morgan fingerprint density at radius 2 is 1.93 bits per heavy atom. The van der Waals surface area contributed by atoms with Gasteiger partial charge in [0.1, 0.15) is 5.75 Å². The molecule has 1 aliphatic rings. The second-order valence-electron chi connectivity index (χ2n) is 7.57. The quantitative estimate of drug-likeness (QED) is 0.565. The predicted molar refractivity (Wildman–Crippen MR) is 115 cm³/mol. The van der Waals surface area contributed by atoms with E-state index < -0.39 is 5.91 Å². The second-order valence-corrected chi connectivity index (χ2v) is 7.57. The fourth-order valence-corrected chi connectivity index (χ4v) is 3.93. The number of amides is 1. The summed E-state index contributed by atoms with van der Waals surface area (Å²) in [5.74, 6) is -0.521. The summed E-state index contributed by atoms with van der Waals surface area (Å²) in [7, 11) is 0. The van der Waals surface area contributed by atoms with Crippen LogP contribution in [0.4, 0.5) is 5.69 Å². The maximum atomic E-state index is 11.6. The zero-order chi connectivity index (χ0) is 20.7. The molecule has 1 aliphatic heterocycles. The third kappa shape index (κ3) is 5.28. The number of carbonyl (C=O) groups excluding carboxylic acids is 1. The number of nitrogens with two attached hydrogens (primary N) is 1. The topological polar surface area (TPSA) is 87.8 Å². The third-order valence-electron chi connectivity index (χ3n) is 5.56. The van der Waals surface area contributed by atoms with Gasteiger partial charge in [-0.15, -0.1) is 0 Å². The molecule has 0 atom stereocenters. The molecule has 0 saturated carbocycles. The number of anilines is 1. The highest BCUT2D eigenvalue weighted by Crippen LogP contribution is 2.36. The van der Waals surface area contributed by atoms with E-state index in [0.717, 1.165) is 45.5 Å². The minimum Gasteiger partial charge on any atom is -0.508 e. The summed E-state index contributed by atoms with van der Waals surface area (Å²) in [6.07, 6.45) is 2.93. The van der Waals surface area contributed by atoms with Gasteiger partial charge in [-0.25, -0.2) is 0 Å². The van der Waals surface area contributed by atoms with Crippen LogP contribution in [0.5, 0.6) is 5.75 Å². The van der Waals surface area contributed by atoms with E-state index in [4.69, 9.17) is 10.5 Å². The number of nitrogens with zero attached hydrogens (tertiary/aromatic N) is 1. The van der Waals surface area contributed by atoms with Crippen LogP contribution in [0.3, 0.4) is 0 Å². The minimum absolute atomic E-state index is 0.0321. The van der Waals surface area contributed by atoms with Crippen LogP contribution < -0.4 is 11.1 Å². The largest absolute Gasteiger partial charge is 0.508 e. The highest BCUT2D eigenvalue weighted by atomic mass is 16.5. The van der Waals surface area contributed by atoms with Crippen molar-refractivity contribution in [3.05, 3.63) is 59.7 Å². The molecule has 29 heavy (non-hydrogen) atoms. The Kier molecular flexibility index (Phi) is 7.12. The van der Waals surface area contributed by atoms with Crippen molar-refractivity contribution in [3.8, 4) is 5.75 Å². The summed E-state index contributed by atoms with van der Waals surface area (Å²) in [5.41, 5.74) is 7.43. The number of primary amides is 1. The van der Waals surface area contributed by atoms with Crippen LogP contribution in [0.25, 0.3) is 0 Å². The molecule has 2 aromatic carbocycles. The van der Waals surface area contributed by atoms with Crippen LogP contribution >= 0.6 is 0 Å². The monoisotopic (exact) mass is 397 g/mol. The van der Waals surface area contributed by atoms with Crippen LogP contribution in [-0.4, -0.2) is 48.7 Å². The number of nitrogens with one attached hydrogen (secondary N) is 1. The highest BCUT2D eigenvalue weighted by molar-refractivity contribution is 5.98. The Hall–Kier alpha value is -2.57. The van der Waals surface area contributed by atoms with Gasteiger partial charge in [-0.2, -0.15) is 0 Å². The number of benzene rings is 2. The molecule has 0 bridgehead atoms. The maximum absolute atomic E-state index is 11.6. The maximum Gasteiger partial charge on any atom is 0.250 e. The van der Waals surface area contributed by atoms with Crippen LogP contribution in [0.15, 0.2) is 48.5 Å². The number of likely N-dealkylation sites (tertiary alicyclic amines) is 1. The van der Waals surface area contributed by atoms with Crippen LogP contribution in [0.1, 0.15) is 42.1 Å². The standard InChI is InChI=1S/C23H31N3O3/c1-2-16-29-23(18-6-4-3-5-7-18)10-13-26(14-11-23)15-12-25-21-9-8-19(27)17-20(21)22(24)28/h3-9,17,25,27H,2,10-16H2,1H3,(H2,24,28). The number of rotatable bonds is 9. The minimum atomic E-state index is -0.554. The summed E-state index contributed by atoms with van der Waals surface area (Å²) in [6.45, 7) is 6.38. The van der Waals surface area contributed by atoms with E-state index in [9.17, 15) is 9.90 Å². The molecule has 0 spiro atoms. The number of phenolic OH excluding ortho intramolecular Hbond substituents is 1. The van der Waals surface area contributed by atoms with Gasteiger partial charge in [-0.05, 0) is 43.0 Å². The first-order valence-corrected chi connectivity index (χ1v) is 10.3. The van der Waals surface area contributed by atoms with Crippen molar-refractivity contribution in [2.45, 2.75) is 31.8 Å². The van der Waals surface area contributed by atoms with Gasteiger partial charge >= 0.3 is 0 Å². The van der Waals surface area contributed by atoms with Gasteiger partial charge in [0.2, 0.25) is 0 Å². The lowest BCUT2D eigenvalue weighted by Gasteiger charge is -2.42. The van der Waals surface area contributed by atoms with Crippen molar-refractivity contribution in [3.63, 3.8) is 0 Å². The average molecular weight is 398 g/mol. The SMILES string of the molecule is CCCOC1(c2ccccc2)CCN(CCNc2ccc(O)cc2C(N)=O)CC1. The van der Waals surface area contributed by atoms with E-state index >= 15 is 0 Å². The molecule has 0 aliphatic carbocycles. The first-order valence-electron chi connectivity index (χ1n) is 10.3. The van der Waals surface area contributed by atoms with Crippen molar-refractivity contribution in [1.29, 1.82) is 0 Å². The van der Waals surface area contributed by atoms with Crippen molar-refractivity contribution in [1.82, 2.24) is 4.90 Å². The molecule has 0 aromatic heterocycles. The molecular weight excluding hydrogens is 366 g/mol. The lowest BCUT2D eigenvalue weighted by atomic mass is 9.84. The van der Waals surface area contributed by atoms with Crippen molar-refractivity contribution < 1.29 is 14.6 Å². The normalized spacial score (nSPS) is 16.4. The van der Waals surface area contributed by atoms with E-state index in [2.05, 4.69) is 41.4 Å². The fraction of sp³-hybridized carbons (Fsp3) is 0.435. The van der Waals surface area contributed by atoms with Gasteiger partial charge in [0.15, 0.2) is 0 Å². The van der Waals surface area contributed by atoms with E-state index in [-0.39, 0.29) is 11.4 Å². The van der Waals surface area contributed by atoms with E-state index in [1.807, 2.05) is 6.07 Å². The van der Waals surface area contributed by atoms with Crippen molar-refractivity contribution in [2.75, 3.05) is 38.1 Å². The van der Waals surface area contributed by atoms with E-state index in [0.29, 0.717) is 17.8 Å². The molecule has 6 heteroatoms. The van der Waals surface area contributed by atoms with Crippen LogP contribution in [0, 0.1) is 0 Å². The second kappa shape index (κ2) is 9.76. The Morgan fingerprint density at radius 1 is 1.21 bits per heavy atom. The Morgan fingerprint density at radius 3 is 2.59 bits per heavy atom. The van der Waals surface area contributed by atoms with Gasteiger partial charge in [0.05, 0.1) is 11.2 Å². The third-order valence-corrected chi connectivity index (χ3v) is 5.56. The number of hydrogen-bond acceptors (Lipinski definition) is 5. The molecule has 1 fully saturated rings. The molecule has 2 aromatic rings.